The van der Waals surface area contributed by atoms with Crippen LogP contribution in [0.4, 0.5) is 0 Å². The van der Waals surface area contributed by atoms with Gasteiger partial charge >= 0.3 is 21.7 Å². The molecule has 0 saturated heterocycles. The van der Waals surface area contributed by atoms with Gasteiger partial charge in [-0.05, 0) is 18.1 Å². The van der Waals surface area contributed by atoms with Crippen molar-refractivity contribution < 1.29 is 46.5 Å². The minimum absolute atomic E-state index is 0. The fourth-order valence-corrected chi connectivity index (χ4v) is 10.1. The zero-order valence-corrected chi connectivity index (χ0v) is 19.9. The number of hydrogen-bond acceptors (Lipinski definition) is 1. The van der Waals surface area contributed by atoms with Crippen molar-refractivity contribution in [3.63, 3.8) is 0 Å². The van der Waals surface area contributed by atoms with Gasteiger partial charge in [0.05, 0.1) is 8.07 Å². The first-order valence-electron chi connectivity index (χ1n) is 7.46. The summed E-state index contributed by atoms with van der Waals surface area (Å²) in [7, 11) is -1.63. The predicted molar refractivity (Wildman–Crippen MR) is 95.5 cm³/mol. The Morgan fingerprint density at radius 1 is 1.17 bits per heavy atom. The van der Waals surface area contributed by atoms with Gasteiger partial charge in [-0.15, -0.1) is 6.42 Å². The molecule has 0 aliphatic heterocycles. The van der Waals surface area contributed by atoms with Crippen molar-refractivity contribution in [2.24, 2.45) is 5.41 Å². The Morgan fingerprint density at radius 3 is 2.22 bits per heavy atom. The number of hydrogen-bond donors (Lipinski definition) is 0. The molecule has 0 bridgehead atoms. The standard InChI is InChI=1S/C18H27SSi.2ClH.Ti/c1-17(2,3)16-13-9-10-14-18(16,19-4)20(5,6)15-11-7-8-12-15;;;/h7,9-11,13H,8,14H2,1-6H3;2*1H;/q-1;;;+3/p-2. The molecule has 2 rings (SSSR count). The monoisotopic (exact) mass is 421 g/mol. The number of halogens is 2. The van der Waals surface area contributed by atoms with Gasteiger partial charge in [0.1, 0.15) is 0 Å². The van der Waals surface area contributed by atoms with Crippen LogP contribution in [0.1, 0.15) is 33.6 Å². The smallest absolute Gasteiger partial charge is 1.00 e. The molecule has 2 aliphatic carbocycles. The van der Waals surface area contributed by atoms with E-state index in [-0.39, 0.29) is 56.3 Å². The third-order valence-corrected chi connectivity index (χ3v) is 12.2. The predicted octanol–water partition coefficient (Wildman–Crippen LogP) is -0.498. The zero-order valence-electron chi connectivity index (χ0n) is 15.0. The van der Waals surface area contributed by atoms with E-state index in [9.17, 15) is 0 Å². The van der Waals surface area contributed by atoms with Crippen LogP contribution in [0.15, 0.2) is 41.1 Å². The minimum atomic E-state index is -1.63. The Kier molecular flexibility index (Phi) is 10.8. The second-order valence-corrected chi connectivity index (χ2v) is 13.4. The van der Waals surface area contributed by atoms with Crippen molar-refractivity contribution in [2.45, 2.75) is 51.1 Å². The maximum Gasteiger partial charge on any atom is 3.00 e. The van der Waals surface area contributed by atoms with E-state index in [0.29, 0.717) is 0 Å². The molecule has 0 heterocycles. The molecule has 0 spiro atoms. The summed E-state index contributed by atoms with van der Waals surface area (Å²) >= 11 is 2.07. The molecule has 0 N–H and O–H groups in total. The van der Waals surface area contributed by atoms with E-state index >= 15 is 0 Å². The molecule has 1 atom stereocenters. The van der Waals surface area contributed by atoms with Gasteiger partial charge < -0.3 is 24.8 Å². The summed E-state index contributed by atoms with van der Waals surface area (Å²) in [5, 5.41) is 1.51. The third-order valence-electron chi connectivity index (χ3n) is 4.77. The van der Waals surface area contributed by atoms with Crippen LogP contribution in [-0.4, -0.2) is 18.7 Å². The van der Waals surface area contributed by atoms with Crippen LogP contribution in [0.25, 0.3) is 0 Å². The van der Waals surface area contributed by atoms with E-state index in [1.807, 2.05) is 0 Å². The van der Waals surface area contributed by atoms with E-state index < -0.39 is 8.07 Å². The third kappa shape index (κ3) is 4.71. The first kappa shape index (κ1) is 26.1. The Balaban J connectivity index is 0. The Hall–Kier alpha value is 0.821. The van der Waals surface area contributed by atoms with E-state index in [1.165, 1.54) is 5.20 Å². The maximum absolute atomic E-state index is 3.63. The van der Waals surface area contributed by atoms with Gasteiger partial charge in [0.2, 0.25) is 0 Å². The van der Waals surface area contributed by atoms with Crippen LogP contribution in [0, 0.1) is 11.5 Å². The number of allylic oxidation sites excluding steroid dienone is 7. The first-order chi connectivity index (χ1) is 9.25. The zero-order chi connectivity index (χ0) is 15.0. The van der Waals surface area contributed by atoms with Crippen molar-refractivity contribution in [3.05, 3.63) is 47.2 Å². The molecule has 0 saturated carbocycles. The molecule has 0 aromatic heterocycles. The molecular formula is C18H27Cl2SSiTi. The summed E-state index contributed by atoms with van der Waals surface area (Å²) in [6.07, 6.45) is 19.7. The molecular weight excluding hydrogens is 395 g/mol. The van der Waals surface area contributed by atoms with Gasteiger partial charge in [-0.3, -0.25) is 6.08 Å². The fourth-order valence-electron chi connectivity index (χ4n) is 3.59. The summed E-state index contributed by atoms with van der Waals surface area (Å²) < 4.78 is 0.261. The quantitative estimate of drug-likeness (QED) is 0.437. The molecule has 2 aliphatic rings. The summed E-state index contributed by atoms with van der Waals surface area (Å²) in [6, 6.07) is 0. The fraction of sp³-hybridized carbons (Fsp3) is 0.556. The maximum atomic E-state index is 3.63. The SMILES string of the molecule is CSC1([Si](C)(C)C2=[C-]CC=C2)CC=CC=C1C(C)(C)C.[Cl-].[Cl-].[Ti+3]. The molecule has 127 valence electrons. The molecule has 1 radical (unpaired) electrons. The molecule has 5 heteroatoms. The molecule has 0 nitrogen and oxygen atoms in total. The largest absolute Gasteiger partial charge is 3.00 e. The molecule has 0 aromatic rings. The van der Waals surface area contributed by atoms with Crippen LogP contribution in [-0.2, 0) is 21.7 Å². The molecule has 23 heavy (non-hydrogen) atoms. The average Bonchev–Trinajstić information content (AvgIpc) is 2.91. The minimum Gasteiger partial charge on any atom is -1.00 e. The number of thioether (sulfide) groups is 1. The summed E-state index contributed by atoms with van der Waals surface area (Å²) in [5.41, 5.74) is 1.84. The number of rotatable bonds is 3. The first-order valence-corrected chi connectivity index (χ1v) is 11.7. The van der Waals surface area contributed by atoms with Gasteiger partial charge in [0.25, 0.3) is 0 Å². The second kappa shape index (κ2) is 9.50. The van der Waals surface area contributed by atoms with Crippen LogP contribution < -0.4 is 24.8 Å². The van der Waals surface area contributed by atoms with Crippen molar-refractivity contribution >= 4 is 19.8 Å². The van der Waals surface area contributed by atoms with E-state index in [2.05, 4.69) is 88.3 Å². The Labute approximate surface area is 175 Å². The van der Waals surface area contributed by atoms with Gasteiger partial charge in [0.15, 0.2) is 0 Å². The van der Waals surface area contributed by atoms with Crippen LogP contribution >= 0.6 is 11.8 Å². The molecule has 0 aromatic carbocycles. The van der Waals surface area contributed by atoms with E-state index in [4.69, 9.17) is 0 Å². The van der Waals surface area contributed by atoms with Gasteiger partial charge in [-0.1, -0.05) is 57.7 Å². The second-order valence-electron chi connectivity index (χ2n) is 7.32. The van der Waals surface area contributed by atoms with Gasteiger partial charge in [-0.2, -0.15) is 17.8 Å². The van der Waals surface area contributed by atoms with Gasteiger partial charge in [0, 0.05) is 4.37 Å². The molecule has 1 unspecified atom stereocenters. The summed E-state index contributed by atoms with van der Waals surface area (Å²) in [6.45, 7) is 12.1. The van der Waals surface area contributed by atoms with Crippen molar-refractivity contribution in [1.29, 1.82) is 0 Å². The van der Waals surface area contributed by atoms with Crippen molar-refractivity contribution in [3.8, 4) is 0 Å². The van der Waals surface area contributed by atoms with Gasteiger partial charge in [-0.25, -0.2) is 11.3 Å². The van der Waals surface area contributed by atoms with Crippen LogP contribution in [0.2, 0.25) is 13.1 Å². The molecule has 0 fully saturated rings. The van der Waals surface area contributed by atoms with E-state index in [0.717, 1.165) is 12.8 Å². The molecule has 0 amide bonds. The topological polar surface area (TPSA) is 0 Å². The Morgan fingerprint density at radius 2 is 1.78 bits per heavy atom. The van der Waals surface area contributed by atoms with Crippen molar-refractivity contribution in [2.75, 3.05) is 6.26 Å². The summed E-state index contributed by atoms with van der Waals surface area (Å²) in [5.74, 6) is 0. The van der Waals surface area contributed by atoms with Crippen LogP contribution in [0.3, 0.4) is 0 Å². The Bertz CT molecular complexity index is 516. The summed E-state index contributed by atoms with van der Waals surface area (Å²) in [4.78, 5) is 0. The van der Waals surface area contributed by atoms with Crippen molar-refractivity contribution in [1.82, 2.24) is 0 Å². The van der Waals surface area contributed by atoms with E-state index in [1.54, 1.807) is 5.57 Å². The normalized spacial score (nSPS) is 23.2. The van der Waals surface area contributed by atoms with Crippen LogP contribution in [0.5, 0.6) is 0 Å². The average molecular weight is 422 g/mol.